The molecule has 0 saturated heterocycles. The highest BCUT2D eigenvalue weighted by Gasteiger charge is 2.10. The Hall–Kier alpha value is -3.15. The highest BCUT2D eigenvalue weighted by atomic mass is 16.2. The molecule has 0 saturated carbocycles. The number of carbonyl (C=O) groups is 1. The molecule has 6 heteroatoms. The monoisotopic (exact) mass is 323 g/mol. The Morgan fingerprint density at radius 1 is 1.12 bits per heavy atom. The smallest absolute Gasteiger partial charge is 0.316 e. The van der Waals surface area contributed by atoms with E-state index in [4.69, 9.17) is 0 Å². The van der Waals surface area contributed by atoms with E-state index in [1.807, 2.05) is 30.3 Å². The van der Waals surface area contributed by atoms with Crippen molar-refractivity contribution in [1.29, 1.82) is 0 Å². The van der Waals surface area contributed by atoms with E-state index in [1.54, 1.807) is 25.1 Å². The summed E-state index contributed by atoms with van der Waals surface area (Å²) in [6.07, 6.45) is 0. The van der Waals surface area contributed by atoms with E-state index >= 15 is 0 Å². The van der Waals surface area contributed by atoms with E-state index in [0.29, 0.717) is 29.7 Å². The summed E-state index contributed by atoms with van der Waals surface area (Å²) in [6, 6.07) is 14.5. The maximum absolute atomic E-state index is 12.3. The Balaban J connectivity index is 1.90. The zero-order chi connectivity index (χ0) is 17.1. The van der Waals surface area contributed by atoms with Gasteiger partial charge in [0.15, 0.2) is 0 Å². The third-order valence-corrected chi connectivity index (χ3v) is 3.85. The number of aromatic nitrogens is 2. The van der Waals surface area contributed by atoms with Gasteiger partial charge in [0.25, 0.3) is 5.91 Å². The molecule has 0 fully saturated rings. The van der Waals surface area contributed by atoms with Crippen LogP contribution in [0.2, 0.25) is 0 Å². The van der Waals surface area contributed by atoms with Crippen LogP contribution in [0, 0.1) is 0 Å². The molecule has 0 bridgehead atoms. The van der Waals surface area contributed by atoms with Crippen molar-refractivity contribution in [1.82, 2.24) is 14.9 Å². The zero-order valence-electron chi connectivity index (χ0n) is 13.2. The second kappa shape index (κ2) is 6.54. The van der Waals surface area contributed by atoms with Crippen molar-refractivity contribution >= 4 is 16.9 Å². The summed E-state index contributed by atoms with van der Waals surface area (Å²) in [4.78, 5) is 38.4. The molecular weight excluding hydrogens is 306 g/mol. The second-order valence-corrected chi connectivity index (χ2v) is 5.40. The predicted octanol–water partition coefficient (Wildman–Crippen LogP) is 1.64. The summed E-state index contributed by atoms with van der Waals surface area (Å²) >= 11 is 0. The normalized spacial score (nSPS) is 10.7. The Morgan fingerprint density at radius 3 is 2.58 bits per heavy atom. The maximum Gasteiger partial charge on any atom is 0.316 e. The molecule has 0 spiro atoms. The second-order valence-electron chi connectivity index (χ2n) is 5.40. The number of aryl methyl sites for hydroxylation is 1. The Labute approximate surface area is 137 Å². The first kappa shape index (κ1) is 15.7. The fraction of sp³-hybridized carbons (Fsp3) is 0.167. The third-order valence-electron chi connectivity index (χ3n) is 3.85. The molecule has 0 aliphatic carbocycles. The van der Waals surface area contributed by atoms with Crippen LogP contribution in [0.5, 0.6) is 0 Å². The minimum Gasteiger partial charge on any atom is -0.348 e. The van der Waals surface area contributed by atoms with Gasteiger partial charge in [0, 0.05) is 18.7 Å². The Bertz CT molecular complexity index is 1000. The number of rotatable bonds is 4. The summed E-state index contributed by atoms with van der Waals surface area (Å²) in [6.45, 7) is 2.60. The van der Waals surface area contributed by atoms with E-state index in [9.17, 15) is 14.4 Å². The van der Waals surface area contributed by atoms with Crippen molar-refractivity contribution < 1.29 is 4.79 Å². The fourth-order valence-electron chi connectivity index (χ4n) is 2.61. The van der Waals surface area contributed by atoms with E-state index in [1.165, 1.54) is 4.57 Å². The summed E-state index contributed by atoms with van der Waals surface area (Å²) in [7, 11) is 0. The Kier molecular flexibility index (Phi) is 4.29. The van der Waals surface area contributed by atoms with E-state index in [2.05, 4.69) is 10.3 Å². The molecule has 3 rings (SSSR count). The van der Waals surface area contributed by atoms with Gasteiger partial charge in [-0.05, 0) is 30.7 Å². The lowest BCUT2D eigenvalue weighted by molar-refractivity contribution is 0.0951. The first-order valence-corrected chi connectivity index (χ1v) is 7.69. The number of hydrogen-bond donors (Lipinski definition) is 2. The molecule has 0 unspecified atom stereocenters. The van der Waals surface area contributed by atoms with Crippen molar-refractivity contribution in [3.05, 3.63) is 80.4 Å². The number of carbonyl (C=O) groups excluding carboxylic acids is 1. The quantitative estimate of drug-likeness (QED) is 0.716. The first-order valence-electron chi connectivity index (χ1n) is 7.69. The number of amides is 1. The lowest BCUT2D eigenvalue weighted by Gasteiger charge is -2.09. The van der Waals surface area contributed by atoms with Crippen molar-refractivity contribution in [2.75, 3.05) is 0 Å². The topological polar surface area (TPSA) is 84.0 Å². The van der Waals surface area contributed by atoms with Gasteiger partial charge in [-0.2, -0.15) is 0 Å². The SMILES string of the molecule is CCn1c(=O)c(=O)[nH]c2cc(C(=O)NCc3ccccc3)ccc21. The molecule has 0 radical (unpaired) electrons. The highest BCUT2D eigenvalue weighted by molar-refractivity contribution is 5.97. The molecule has 1 amide bonds. The van der Waals surface area contributed by atoms with Gasteiger partial charge in [-0.3, -0.25) is 14.4 Å². The average molecular weight is 323 g/mol. The van der Waals surface area contributed by atoms with Crippen molar-refractivity contribution in [3.8, 4) is 0 Å². The van der Waals surface area contributed by atoms with Crippen LogP contribution in [0.4, 0.5) is 0 Å². The number of nitrogens with one attached hydrogen (secondary N) is 2. The number of H-pyrrole nitrogens is 1. The number of aromatic amines is 1. The summed E-state index contributed by atoms with van der Waals surface area (Å²) in [5.74, 6) is -0.240. The van der Waals surface area contributed by atoms with Crippen LogP contribution in [0.25, 0.3) is 11.0 Å². The maximum atomic E-state index is 12.3. The van der Waals surface area contributed by atoms with Crippen molar-refractivity contribution in [2.45, 2.75) is 20.0 Å². The number of benzene rings is 2. The van der Waals surface area contributed by atoms with E-state index in [-0.39, 0.29) is 5.91 Å². The van der Waals surface area contributed by atoms with Gasteiger partial charge in [0.1, 0.15) is 0 Å². The lowest BCUT2D eigenvalue weighted by Crippen LogP contribution is -2.36. The minimum absolute atomic E-state index is 0.240. The van der Waals surface area contributed by atoms with E-state index < -0.39 is 11.1 Å². The van der Waals surface area contributed by atoms with Crippen LogP contribution in [0.3, 0.4) is 0 Å². The fourth-order valence-corrected chi connectivity index (χ4v) is 2.61. The van der Waals surface area contributed by atoms with Crippen LogP contribution in [-0.4, -0.2) is 15.5 Å². The summed E-state index contributed by atoms with van der Waals surface area (Å²) < 4.78 is 1.39. The van der Waals surface area contributed by atoms with Crippen LogP contribution >= 0.6 is 0 Å². The largest absolute Gasteiger partial charge is 0.348 e. The number of hydrogen-bond acceptors (Lipinski definition) is 3. The molecule has 1 heterocycles. The van der Waals surface area contributed by atoms with Crippen LogP contribution in [0.15, 0.2) is 58.1 Å². The molecule has 3 aromatic rings. The van der Waals surface area contributed by atoms with Gasteiger partial charge < -0.3 is 14.9 Å². The van der Waals surface area contributed by atoms with Crippen LogP contribution in [-0.2, 0) is 13.1 Å². The predicted molar refractivity (Wildman–Crippen MR) is 92.1 cm³/mol. The van der Waals surface area contributed by atoms with E-state index in [0.717, 1.165) is 5.56 Å². The molecule has 1 aromatic heterocycles. The van der Waals surface area contributed by atoms with Crippen LogP contribution < -0.4 is 16.4 Å². The zero-order valence-corrected chi connectivity index (χ0v) is 13.2. The molecule has 2 N–H and O–H groups in total. The third kappa shape index (κ3) is 2.99. The van der Waals surface area contributed by atoms with Gasteiger partial charge >= 0.3 is 11.1 Å². The molecule has 24 heavy (non-hydrogen) atoms. The van der Waals surface area contributed by atoms with Crippen molar-refractivity contribution in [3.63, 3.8) is 0 Å². The highest BCUT2D eigenvalue weighted by Crippen LogP contribution is 2.12. The molecular formula is C18H17N3O3. The molecule has 0 atom stereocenters. The van der Waals surface area contributed by atoms with Gasteiger partial charge in [-0.25, -0.2) is 0 Å². The molecule has 0 aliphatic rings. The lowest BCUT2D eigenvalue weighted by atomic mass is 10.1. The standard InChI is InChI=1S/C18H17N3O3/c1-2-21-15-9-8-13(10-14(15)20-17(23)18(21)24)16(22)19-11-12-6-4-3-5-7-12/h3-10H,2,11H2,1H3,(H,19,22)(H,20,23). The van der Waals surface area contributed by atoms with Gasteiger partial charge in [-0.15, -0.1) is 0 Å². The molecule has 0 aliphatic heterocycles. The van der Waals surface area contributed by atoms with Crippen LogP contribution in [0.1, 0.15) is 22.8 Å². The summed E-state index contributed by atoms with van der Waals surface area (Å²) in [5, 5.41) is 2.84. The van der Waals surface area contributed by atoms with Gasteiger partial charge in [-0.1, -0.05) is 30.3 Å². The number of fused-ring (bicyclic) bond motifs is 1. The first-order chi connectivity index (χ1) is 11.6. The average Bonchev–Trinajstić information content (AvgIpc) is 2.61. The summed E-state index contributed by atoms with van der Waals surface area (Å²) in [5.41, 5.74) is 1.21. The van der Waals surface area contributed by atoms with Crippen molar-refractivity contribution in [2.24, 2.45) is 0 Å². The molecule has 122 valence electrons. The molecule has 2 aromatic carbocycles. The van der Waals surface area contributed by atoms with Gasteiger partial charge in [0.05, 0.1) is 11.0 Å². The van der Waals surface area contributed by atoms with Gasteiger partial charge in [0.2, 0.25) is 0 Å². The minimum atomic E-state index is -0.689. The Morgan fingerprint density at radius 2 is 1.88 bits per heavy atom. The molecule has 6 nitrogen and oxygen atoms in total. The number of nitrogens with zero attached hydrogens (tertiary/aromatic N) is 1.